The molecule has 0 spiro atoms. The van der Waals surface area contributed by atoms with Gasteiger partial charge in [-0.1, -0.05) is 20.3 Å². The van der Waals surface area contributed by atoms with Crippen molar-refractivity contribution in [1.29, 1.82) is 0 Å². The van der Waals surface area contributed by atoms with Crippen LogP contribution in [0.5, 0.6) is 0 Å². The van der Waals surface area contributed by atoms with Crippen molar-refractivity contribution in [2.75, 3.05) is 85.8 Å². The minimum atomic E-state index is 0. The molecule has 0 heterocycles. The fourth-order valence-corrected chi connectivity index (χ4v) is 1.33. The predicted octanol–water partition coefficient (Wildman–Crippen LogP) is 1.73. The van der Waals surface area contributed by atoms with E-state index in [1.54, 1.807) is 0 Å². The fourth-order valence-electron chi connectivity index (χ4n) is 1.33. The fraction of sp³-hybridized carbons (Fsp3) is 1.00. The Morgan fingerprint density at radius 2 is 0.750 bits per heavy atom. The summed E-state index contributed by atoms with van der Waals surface area (Å²) in [5, 5.41) is 0. The van der Waals surface area contributed by atoms with Gasteiger partial charge in [-0.25, -0.2) is 0 Å². The maximum absolute atomic E-state index is 5.35. The average Bonchev–Trinajstić information content (AvgIpc) is 2.58. The second-order valence-electron chi connectivity index (χ2n) is 4.75. The Kier molecular flexibility index (Phi) is 29.8. The van der Waals surface area contributed by atoms with E-state index in [1.165, 1.54) is 6.42 Å². The zero-order valence-corrected chi connectivity index (χ0v) is 15.9. The van der Waals surface area contributed by atoms with Gasteiger partial charge in [0.15, 0.2) is 0 Å². The normalized spacial score (nSPS) is 10.5. The topological polar surface area (TPSA) is 81.4 Å². The van der Waals surface area contributed by atoms with Gasteiger partial charge in [-0.15, -0.1) is 0 Å². The molecule has 0 fully saturated rings. The monoisotopic (exact) mass is 355 g/mol. The van der Waals surface area contributed by atoms with Gasteiger partial charge in [-0.05, 0) is 6.92 Å². The number of hydrogen-bond donors (Lipinski definition) is 1. The average molecular weight is 356 g/mol. The van der Waals surface area contributed by atoms with Crippen molar-refractivity contribution < 1.29 is 29.8 Å². The minimum absolute atomic E-state index is 0. The summed E-state index contributed by atoms with van der Waals surface area (Å²) in [5.41, 5.74) is 5.28. The number of rotatable bonds is 18. The van der Waals surface area contributed by atoms with Crippen molar-refractivity contribution in [2.24, 2.45) is 5.73 Å². The van der Waals surface area contributed by atoms with Crippen LogP contribution in [0.4, 0.5) is 0 Å². The van der Waals surface area contributed by atoms with E-state index in [0.29, 0.717) is 79.2 Å². The molecule has 150 valence electrons. The summed E-state index contributed by atoms with van der Waals surface area (Å²) in [7, 11) is 0. The number of nitrogens with two attached hydrogens (primary N) is 1. The Hall–Kier alpha value is -0.280. The molecule has 24 heavy (non-hydrogen) atoms. The molecular formula is C17H41NO6. The summed E-state index contributed by atoms with van der Waals surface area (Å²) in [6.45, 7) is 13.8. The van der Waals surface area contributed by atoms with Crippen LogP contribution in [0.1, 0.15) is 28.6 Å². The van der Waals surface area contributed by atoms with Crippen LogP contribution in [-0.4, -0.2) is 85.8 Å². The van der Waals surface area contributed by atoms with Crippen LogP contribution in [-0.2, 0) is 28.4 Å². The highest BCUT2D eigenvalue weighted by Crippen LogP contribution is 1.84. The lowest BCUT2D eigenvalue weighted by atomic mass is 10.6. The minimum Gasteiger partial charge on any atom is -0.379 e. The summed E-state index contributed by atoms with van der Waals surface area (Å²) in [6, 6.07) is 0. The Bertz CT molecular complexity index is 186. The molecule has 0 saturated carbocycles. The van der Waals surface area contributed by atoms with E-state index in [0.717, 1.165) is 6.61 Å². The van der Waals surface area contributed by atoms with Gasteiger partial charge in [0.1, 0.15) is 0 Å². The van der Waals surface area contributed by atoms with E-state index in [1.807, 2.05) is 6.92 Å². The molecule has 0 radical (unpaired) electrons. The van der Waals surface area contributed by atoms with E-state index in [4.69, 9.17) is 34.2 Å². The van der Waals surface area contributed by atoms with Crippen molar-refractivity contribution in [1.82, 2.24) is 0 Å². The van der Waals surface area contributed by atoms with E-state index in [9.17, 15) is 0 Å². The van der Waals surface area contributed by atoms with E-state index in [-0.39, 0.29) is 1.43 Å². The third-order valence-electron chi connectivity index (χ3n) is 2.33. The quantitative estimate of drug-likeness (QED) is 0.375. The Morgan fingerprint density at radius 3 is 1.00 bits per heavy atom. The van der Waals surface area contributed by atoms with Crippen LogP contribution in [0.25, 0.3) is 0 Å². The van der Waals surface area contributed by atoms with Gasteiger partial charge in [0, 0.05) is 14.6 Å². The maximum Gasteiger partial charge on any atom is 0.0701 e. The van der Waals surface area contributed by atoms with Crippen LogP contribution in [0.15, 0.2) is 0 Å². The number of hydrogen-bond acceptors (Lipinski definition) is 7. The van der Waals surface area contributed by atoms with Crippen molar-refractivity contribution in [3.05, 3.63) is 0 Å². The molecule has 0 unspecified atom stereocenters. The van der Waals surface area contributed by atoms with E-state index >= 15 is 0 Å². The summed E-state index contributed by atoms with van der Waals surface area (Å²) in [5.74, 6) is 0. The Morgan fingerprint density at radius 1 is 0.500 bits per heavy atom. The van der Waals surface area contributed by atoms with Gasteiger partial charge in [0.25, 0.3) is 0 Å². The standard InChI is InChI=1S/C14H31NO6.C3H8.H2/c1-2-16-5-6-18-9-10-20-13-14-21-12-11-19-8-7-17-4-3-15;1-3-2;/h2-15H2,1H3;3H2,1-2H3;1H. The molecule has 0 aliphatic rings. The van der Waals surface area contributed by atoms with Crippen molar-refractivity contribution in [2.45, 2.75) is 27.2 Å². The predicted molar refractivity (Wildman–Crippen MR) is 97.7 cm³/mol. The SMILES string of the molecule is CCC.CCOCCOCCOCCOCCOCCOCCN.[HH]. The van der Waals surface area contributed by atoms with Gasteiger partial charge in [0.05, 0.1) is 72.7 Å². The molecule has 0 aromatic heterocycles. The molecule has 0 bridgehead atoms. The lowest BCUT2D eigenvalue weighted by Crippen LogP contribution is -2.15. The molecule has 0 aromatic rings. The molecule has 0 aromatic carbocycles. The maximum atomic E-state index is 5.35. The highest BCUT2D eigenvalue weighted by atomic mass is 16.6. The first-order valence-corrected chi connectivity index (χ1v) is 8.99. The lowest BCUT2D eigenvalue weighted by molar-refractivity contribution is -0.0158. The zero-order valence-electron chi connectivity index (χ0n) is 15.9. The molecule has 0 atom stereocenters. The molecule has 0 aliphatic carbocycles. The van der Waals surface area contributed by atoms with Crippen molar-refractivity contribution >= 4 is 0 Å². The van der Waals surface area contributed by atoms with Crippen LogP contribution >= 0.6 is 0 Å². The highest BCUT2D eigenvalue weighted by Gasteiger charge is 1.93. The lowest BCUT2D eigenvalue weighted by Gasteiger charge is -2.07. The van der Waals surface area contributed by atoms with Crippen LogP contribution in [0.2, 0.25) is 0 Å². The molecule has 0 rings (SSSR count). The largest absolute Gasteiger partial charge is 0.379 e. The van der Waals surface area contributed by atoms with Crippen LogP contribution < -0.4 is 5.73 Å². The number of ether oxygens (including phenoxy) is 6. The summed E-state index contributed by atoms with van der Waals surface area (Å²) in [6.07, 6.45) is 1.25. The Balaban J connectivity index is -0.00000112. The first-order valence-electron chi connectivity index (χ1n) is 8.99. The third kappa shape index (κ3) is 29.7. The van der Waals surface area contributed by atoms with Crippen LogP contribution in [0, 0.1) is 0 Å². The molecule has 0 amide bonds. The smallest absolute Gasteiger partial charge is 0.0701 e. The Labute approximate surface area is 149 Å². The van der Waals surface area contributed by atoms with Gasteiger partial charge in [-0.3, -0.25) is 0 Å². The summed E-state index contributed by atoms with van der Waals surface area (Å²) >= 11 is 0. The summed E-state index contributed by atoms with van der Waals surface area (Å²) < 4.78 is 31.6. The molecular weight excluding hydrogens is 314 g/mol. The molecule has 7 nitrogen and oxygen atoms in total. The van der Waals surface area contributed by atoms with E-state index < -0.39 is 0 Å². The molecule has 0 aliphatic heterocycles. The molecule has 7 heteroatoms. The third-order valence-corrected chi connectivity index (χ3v) is 2.33. The summed E-state index contributed by atoms with van der Waals surface area (Å²) in [4.78, 5) is 0. The molecule has 2 N–H and O–H groups in total. The van der Waals surface area contributed by atoms with Crippen molar-refractivity contribution in [3.63, 3.8) is 0 Å². The van der Waals surface area contributed by atoms with Gasteiger partial charge in [0.2, 0.25) is 0 Å². The van der Waals surface area contributed by atoms with Gasteiger partial charge >= 0.3 is 0 Å². The molecule has 0 saturated heterocycles. The van der Waals surface area contributed by atoms with Crippen LogP contribution in [0.3, 0.4) is 0 Å². The zero-order chi connectivity index (χ0) is 18.1. The second kappa shape index (κ2) is 27.6. The van der Waals surface area contributed by atoms with Crippen molar-refractivity contribution in [3.8, 4) is 0 Å². The first-order chi connectivity index (χ1) is 11.8. The first kappa shape index (κ1) is 26.0. The van der Waals surface area contributed by atoms with Gasteiger partial charge < -0.3 is 34.2 Å². The van der Waals surface area contributed by atoms with Gasteiger partial charge in [-0.2, -0.15) is 0 Å². The van der Waals surface area contributed by atoms with E-state index in [2.05, 4.69) is 13.8 Å². The highest BCUT2D eigenvalue weighted by molar-refractivity contribution is 4.36. The second-order valence-corrected chi connectivity index (χ2v) is 4.75.